The van der Waals surface area contributed by atoms with Gasteiger partial charge in [-0.15, -0.1) is 0 Å². The number of hydrogen-bond acceptors (Lipinski definition) is 7. The zero-order chi connectivity index (χ0) is 24.1. The lowest BCUT2D eigenvalue weighted by Crippen LogP contribution is -2.48. The second-order valence-corrected chi connectivity index (χ2v) is 8.65. The molecular formula is C22H31N3O8. The van der Waals surface area contributed by atoms with Gasteiger partial charge in [0.15, 0.2) is 5.56 Å². The third kappa shape index (κ3) is 5.28. The molecule has 2 aliphatic rings. The number of aliphatic carboxylic acids is 1. The highest BCUT2D eigenvalue weighted by Gasteiger charge is 2.34. The van der Waals surface area contributed by atoms with E-state index in [2.05, 4.69) is 5.32 Å². The SMILES string of the molecule is CCOC(=O)CNC(=O)c1c(O)n(C2CCC(C(=O)O)CC2)c(=O)n(C2CCCCC2)c1=O. The van der Waals surface area contributed by atoms with E-state index >= 15 is 0 Å². The minimum absolute atomic E-state index is 0.123. The molecule has 182 valence electrons. The lowest BCUT2D eigenvalue weighted by molar-refractivity contribution is -0.143. The molecule has 0 aromatic carbocycles. The second kappa shape index (κ2) is 10.7. The van der Waals surface area contributed by atoms with E-state index in [1.165, 1.54) is 0 Å². The molecule has 0 atom stereocenters. The number of carboxylic acids is 1. The number of aromatic hydroxyl groups is 1. The number of rotatable bonds is 7. The maximum Gasteiger partial charge on any atom is 0.334 e. The fourth-order valence-electron chi connectivity index (χ4n) is 4.85. The molecule has 0 radical (unpaired) electrons. The predicted molar refractivity (Wildman–Crippen MR) is 116 cm³/mol. The summed E-state index contributed by atoms with van der Waals surface area (Å²) >= 11 is 0. The fraction of sp³-hybridized carbons (Fsp3) is 0.682. The molecule has 2 aliphatic carbocycles. The maximum atomic E-state index is 13.4. The number of carbonyl (C=O) groups excluding carboxylic acids is 2. The Morgan fingerprint density at radius 3 is 2.15 bits per heavy atom. The van der Waals surface area contributed by atoms with Gasteiger partial charge < -0.3 is 20.3 Å². The van der Waals surface area contributed by atoms with Crippen LogP contribution in [-0.2, 0) is 14.3 Å². The van der Waals surface area contributed by atoms with Crippen molar-refractivity contribution in [2.45, 2.75) is 76.8 Å². The molecule has 3 N–H and O–H groups in total. The topological polar surface area (TPSA) is 157 Å². The first kappa shape index (κ1) is 24.5. The summed E-state index contributed by atoms with van der Waals surface area (Å²) in [5, 5.41) is 22.4. The van der Waals surface area contributed by atoms with Gasteiger partial charge in [0, 0.05) is 12.1 Å². The Balaban J connectivity index is 2.03. The minimum Gasteiger partial charge on any atom is -0.494 e. The molecule has 0 aliphatic heterocycles. The van der Waals surface area contributed by atoms with E-state index in [0.717, 1.165) is 28.4 Å². The Bertz CT molecular complexity index is 1010. The monoisotopic (exact) mass is 465 g/mol. The largest absolute Gasteiger partial charge is 0.494 e. The molecule has 1 aromatic rings. The summed E-state index contributed by atoms with van der Waals surface area (Å²) in [5.74, 6) is -3.86. The zero-order valence-electron chi connectivity index (χ0n) is 18.7. The number of amides is 1. The second-order valence-electron chi connectivity index (χ2n) is 8.65. The van der Waals surface area contributed by atoms with Crippen LogP contribution in [0.4, 0.5) is 0 Å². The number of nitrogens with zero attached hydrogens (tertiary/aromatic N) is 2. The van der Waals surface area contributed by atoms with Crippen molar-refractivity contribution in [3.05, 3.63) is 26.4 Å². The van der Waals surface area contributed by atoms with Crippen molar-refractivity contribution in [1.29, 1.82) is 0 Å². The van der Waals surface area contributed by atoms with E-state index in [0.29, 0.717) is 38.5 Å². The molecule has 1 aromatic heterocycles. The van der Waals surface area contributed by atoms with Crippen molar-refractivity contribution in [2.75, 3.05) is 13.2 Å². The number of aromatic nitrogens is 2. The lowest BCUT2D eigenvalue weighted by Gasteiger charge is -2.31. The normalized spacial score (nSPS) is 21.4. The van der Waals surface area contributed by atoms with E-state index in [-0.39, 0.29) is 6.61 Å². The Morgan fingerprint density at radius 2 is 1.58 bits per heavy atom. The molecule has 0 spiro atoms. The molecular weight excluding hydrogens is 434 g/mol. The van der Waals surface area contributed by atoms with Crippen LogP contribution < -0.4 is 16.6 Å². The van der Waals surface area contributed by atoms with Crippen molar-refractivity contribution in [3.8, 4) is 5.88 Å². The first-order chi connectivity index (χ1) is 15.8. The summed E-state index contributed by atoms with van der Waals surface area (Å²) in [6, 6.07) is -0.933. The number of carboxylic acid groups (broad SMARTS) is 1. The lowest BCUT2D eigenvalue weighted by atomic mass is 9.86. The van der Waals surface area contributed by atoms with Gasteiger partial charge in [0.25, 0.3) is 11.5 Å². The van der Waals surface area contributed by atoms with Crippen LogP contribution in [0, 0.1) is 5.92 Å². The molecule has 11 nitrogen and oxygen atoms in total. The molecule has 3 rings (SSSR count). The van der Waals surface area contributed by atoms with Gasteiger partial charge in [-0.25, -0.2) is 4.79 Å². The predicted octanol–water partition coefficient (Wildman–Crippen LogP) is 1.33. The van der Waals surface area contributed by atoms with E-state index in [1.807, 2.05) is 0 Å². The van der Waals surface area contributed by atoms with Gasteiger partial charge in [-0.3, -0.25) is 28.3 Å². The van der Waals surface area contributed by atoms with Gasteiger partial charge in [-0.1, -0.05) is 19.3 Å². The third-order valence-corrected chi connectivity index (χ3v) is 6.57. The van der Waals surface area contributed by atoms with Crippen molar-refractivity contribution in [2.24, 2.45) is 5.92 Å². The van der Waals surface area contributed by atoms with Crippen LogP contribution in [0.15, 0.2) is 9.59 Å². The first-order valence-electron chi connectivity index (χ1n) is 11.5. The van der Waals surface area contributed by atoms with Crippen LogP contribution in [0.1, 0.15) is 87.2 Å². The molecule has 1 heterocycles. The molecule has 11 heteroatoms. The number of esters is 1. The average molecular weight is 466 g/mol. The highest BCUT2D eigenvalue weighted by Crippen LogP contribution is 2.34. The van der Waals surface area contributed by atoms with Crippen LogP contribution in [0.5, 0.6) is 5.88 Å². The quantitative estimate of drug-likeness (QED) is 0.509. The van der Waals surface area contributed by atoms with E-state index < -0.39 is 65.1 Å². The van der Waals surface area contributed by atoms with Crippen LogP contribution in [0.25, 0.3) is 0 Å². The Labute approximate surface area is 190 Å². The highest BCUT2D eigenvalue weighted by molar-refractivity contribution is 5.97. The molecule has 0 unspecified atom stereocenters. The maximum absolute atomic E-state index is 13.4. The van der Waals surface area contributed by atoms with Gasteiger partial charge in [0.2, 0.25) is 5.88 Å². The van der Waals surface area contributed by atoms with Crippen LogP contribution in [0.2, 0.25) is 0 Å². The van der Waals surface area contributed by atoms with E-state index in [1.54, 1.807) is 6.92 Å². The summed E-state index contributed by atoms with van der Waals surface area (Å²) in [4.78, 5) is 62.4. The van der Waals surface area contributed by atoms with Crippen molar-refractivity contribution >= 4 is 17.8 Å². The van der Waals surface area contributed by atoms with Crippen molar-refractivity contribution in [3.63, 3.8) is 0 Å². The number of hydrogen-bond donors (Lipinski definition) is 3. The Morgan fingerprint density at radius 1 is 0.970 bits per heavy atom. The van der Waals surface area contributed by atoms with Crippen molar-refractivity contribution in [1.82, 2.24) is 14.5 Å². The summed E-state index contributed by atoms with van der Waals surface area (Å²) in [6.45, 7) is 1.25. The zero-order valence-corrected chi connectivity index (χ0v) is 18.7. The molecule has 33 heavy (non-hydrogen) atoms. The van der Waals surface area contributed by atoms with Crippen LogP contribution in [-0.4, -0.2) is 50.3 Å². The standard InChI is InChI=1S/C22H31N3O8/c1-2-33-16(26)12-23-18(27)17-19(28)24(14-6-4-3-5-7-14)22(32)25(20(17)29)15-10-8-13(9-11-15)21(30)31/h13-15,29H,2-12H2,1H3,(H,23,27)(H,30,31). The third-order valence-electron chi connectivity index (χ3n) is 6.57. The molecule has 0 saturated heterocycles. The fourth-order valence-corrected chi connectivity index (χ4v) is 4.85. The summed E-state index contributed by atoms with van der Waals surface area (Å²) in [6.07, 6.45) is 5.15. The van der Waals surface area contributed by atoms with Gasteiger partial charge in [0.1, 0.15) is 6.54 Å². The molecule has 2 saturated carbocycles. The number of carbonyl (C=O) groups is 3. The van der Waals surface area contributed by atoms with Gasteiger partial charge in [-0.05, 0) is 45.4 Å². The van der Waals surface area contributed by atoms with Gasteiger partial charge in [0.05, 0.1) is 12.5 Å². The number of ether oxygens (including phenoxy) is 1. The first-order valence-corrected chi connectivity index (χ1v) is 11.5. The molecule has 2 fully saturated rings. The van der Waals surface area contributed by atoms with Gasteiger partial charge >= 0.3 is 17.6 Å². The number of nitrogens with one attached hydrogen (secondary N) is 1. The van der Waals surface area contributed by atoms with Crippen molar-refractivity contribution < 1.29 is 29.3 Å². The van der Waals surface area contributed by atoms with Gasteiger partial charge in [-0.2, -0.15) is 0 Å². The highest BCUT2D eigenvalue weighted by atomic mass is 16.5. The minimum atomic E-state index is -0.969. The Hall–Kier alpha value is -3.11. The molecule has 0 bridgehead atoms. The summed E-state index contributed by atoms with van der Waals surface area (Å²) in [7, 11) is 0. The summed E-state index contributed by atoms with van der Waals surface area (Å²) in [5.41, 5.74) is -2.17. The van der Waals surface area contributed by atoms with E-state index in [4.69, 9.17) is 4.74 Å². The average Bonchev–Trinajstić information content (AvgIpc) is 2.79. The molecule has 1 amide bonds. The Kier molecular flexibility index (Phi) is 7.93. The smallest absolute Gasteiger partial charge is 0.334 e. The van der Waals surface area contributed by atoms with Crippen LogP contribution in [0.3, 0.4) is 0 Å². The van der Waals surface area contributed by atoms with Crippen LogP contribution >= 0.6 is 0 Å². The van der Waals surface area contributed by atoms with E-state index in [9.17, 15) is 34.2 Å². The summed E-state index contributed by atoms with van der Waals surface area (Å²) < 4.78 is 6.89.